The van der Waals surface area contributed by atoms with Gasteiger partial charge >= 0.3 is 0 Å². The van der Waals surface area contributed by atoms with Gasteiger partial charge in [0.25, 0.3) is 0 Å². The molecule has 1 aliphatic heterocycles. The standard InChI is InChI=1S/C23H25N3O/c24-23-16-26(15-22(23)20-6-2-1-3-7-20)14-18-8-10-21(11-9-18)27-17-19-5-4-12-25-13-19/h1-13,22-23H,14-17,24H2/t22-,23+/m0/s1. The quantitative estimate of drug-likeness (QED) is 0.731. The van der Waals surface area contributed by atoms with Crippen molar-refractivity contribution in [3.63, 3.8) is 0 Å². The monoisotopic (exact) mass is 359 g/mol. The second kappa shape index (κ2) is 8.33. The summed E-state index contributed by atoms with van der Waals surface area (Å²) in [6, 6.07) is 23.1. The summed E-state index contributed by atoms with van der Waals surface area (Å²) in [5.74, 6) is 1.29. The normalized spacial score (nSPS) is 19.9. The maximum absolute atomic E-state index is 6.41. The second-order valence-corrected chi connectivity index (χ2v) is 7.17. The molecule has 2 atom stereocenters. The highest BCUT2D eigenvalue weighted by Crippen LogP contribution is 2.27. The molecule has 0 unspecified atom stereocenters. The molecule has 2 heterocycles. The molecule has 1 aliphatic rings. The van der Waals surface area contributed by atoms with E-state index in [1.165, 1.54) is 11.1 Å². The molecule has 27 heavy (non-hydrogen) atoms. The third kappa shape index (κ3) is 4.54. The molecule has 1 aromatic heterocycles. The number of benzene rings is 2. The fourth-order valence-electron chi connectivity index (χ4n) is 3.69. The number of nitrogens with zero attached hydrogens (tertiary/aromatic N) is 2. The highest BCUT2D eigenvalue weighted by molar-refractivity contribution is 5.28. The van der Waals surface area contributed by atoms with E-state index in [-0.39, 0.29) is 6.04 Å². The highest BCUT2D eigenvalue weighted by atomic mass is 16.5. The minimum atomic E-state index is 0.189. The molecular formula is C23H25N3O. The van der Waals surface area contributed by atoms with Gasteiger partial charge in [-0.05, 0) is 29.3 Å². The molecule has 2 N–H and O–H groups in total. The van der Waals surface area contributed by atoms with Crippen LogP contribution in [0.25, 0.3) is 0 Å². The van der Waals surface area contributed by atoms with Crippen molar-refractivity contribution in [2.45, 2.75) is 25.1 Å². The van der Waals surface area contributed by atoms with Gasteiger partial charge in [0.05, 0.1) is 0 Å². The summed E-state index contributed by atoms with van der Waals surface area (Å²) in [5.41, 5.74) is 10.1. The summed E-state index contributed by atoms with van der Waals surface area (Å²) in [5, 5.41) is 0. The number of nitrogens with two attached hydrogens (primary N) is 1. The number of ether oxygens (including phenoxy) is 1. The van der Waals surface area contributed by atoms with Gasteiger partial charge < -0.3 is 10.5 Å². The molecular weight excluding hydrogens is 334 g/mol. The first-order valence-corrected chi connectivity index (χ1v) is 9.41. The van der Waals surface area contributed by atoms with E-state index in [1.54, 1.807) is 6.20 Å². The van der Waals surface area contributed by atoms with Crippen LogP contribution in [0.5, 0.6) is 5.75 Å². The van der Waals surface area contributed by atoms with Gasteiger partial charge in [-0.15, -0.1) is 0 Å². The Hall–Kier alpha value is -2.69. The van der Waals surface area contributed by atoms with Crippen LogP contribution in [0.15, 0.2) is 79.1 Å². The van der Waals surface area contributed by atoms with Crippen LogP contribution < -0.4 is 10.5 Å². The number of pyridine rings is 1. The Bertz CT molecular complexity index is 837. The summed E-state index contributed by atoms with van der Waals surface area (Å²) >= 11 is 0. The summed E-state index contributed by atoms with van der Waals surface area (Å²) in [7, 11) is 0. The van der Waals surface area contributed by atoms with Crippen LogP contribution in [0.2, 0.25) is 0 Å². The molecule has 138 valence electrons. The number of rotatable bonds is 6. The lowest BCUT2D eigenvalue weighted by Crippen LogP contribution is -2.28. The topological polar surface area (TPSA) is 51.4 Å². The maximum Gasteiger partial charge on any atom is 0.119 e. The van der Waals surface area contributed by atoms with Gasteiger partial charge in [-0.2, -0.15) is 0 Å². The molecule has 0 aliphatic carbocycles. The molecule has 4 nitrogen and oxygen atoms in total. The summed E-state index contributed by atoms with van der Waals surface area (Å²) in [4.78, 5) is 6.55. The predicted octanol–water partition coefficient (Wildman–Crippen LogP) is 3.59. The van der Waals surface area contributed by atoms with E-state index in [0.29, 0.717) is 12.5 Å². The zero-order valence-corrected chi connectivity index (χ0v) is 15.4. The fourth-order valence-corrected chi connectivity index (χ4v) is 3.69. The van der Waals surface area contributed by atoms with Gasteiger partial charge in [0.15, 0.2) is 0 Å². The molecule has 1 fully saturated rings. The van der Waals surface area contributed by atoms with Crippen molar-refractivity contribution in [2.75, 3.05) is 13.1 Å². The number of hydrogen-bond donors (Lipinski definition) is 1. The zero-order valence-electron chi connectivity index (χ0n) is 15.4. The molecule has 0 spiro atoms. The van der Waals surface area contributed by atoms with Crippen LogP contribution in [0.4, 0.5) is 0 Å². The molecule has 4 heteroatoms. The average Bonchev–Trinajstić information content (AvgIpc) is 3.09. The molecule has 1 saturated heterocycles. The molecule has 0 saturated carbocycles. The lowest BCUT2D eigenvalue weighted by molar-refractivity contribution is 0.304. The fraction of sp³-hybridized carbons (Fsp3) is 0.261. The summed E-state index contributed by atoms with van der Waals surface area (Å²) in [6.45, 7) is 3.39. The largest absolute Gasteiger partial charge is 0.489 e. The van der Waals surface area contributed by atoms with Crippen LogP contribution in [0.1, 0.15) is 22.6 Å². The van der Waals surface area contributed by atoms with Crippen molar-refractivity contribution in [3.05, 3.63) is 95.8 Å². The Labute approximate surface area is 160 Å². The van der Waals surface area contributed by atoms with E-state index in [0.717, 1.165) is 30.9 Å². The van der Waals surface area contributed by atoms with E-state index < -0.39 is 0 Å². The lowest BCUT2D eigenvalue weighted by atomic mass is 9.95. The van der Waals surface area contributed by atoms with E-state index in [1.807, 2.05) is 30.5 Å². The molecule has 0 bridgehead atoms. The SMILES string of the molecule is N[C@@H]1CN(Cc2ccc(OCc3cccnc3)cc2)C[C@H]1c1ccccc1. The Morgan fingerprint density at radius 1 is 0.926 bits per heavy atom. The Kier molecular flexibility index (Phi) is 5.47. The maximum atomic E-state index is 6.41. The first kappa shape index (κ1) is 17.7. The Balaban J connectivity index is 1.32. The van der Waals surface area contributed by atoms with E-state index >= 15 is 0 Å². The van der Waals surface area contributed by atoms with Gasteiger partial charge in [0.1, 0.15) is 12.4 Å². The number of likely N-dealkylation sites (tertiary alicyclic amines) is 1. The second-order valence-electron chi connectivity index (χ2n) is 7.17. The first-order valence-electron chi connectivity index (χ1n) is 9.41. The molecule has 3 aromatic rings. The minimum absolute atomic E-state index is 0.189. The Morgan fingerprint density at radius 3 is 2.48 bits per heavy atom. The van der Waals surface area contributed by atoms with E-state index in [4.69, 9.17) is 10.5 Å². The van der Waals surface area contributed by atoms with Crippen LogP contribution >= 0.6 is 0 Å². The van der Waals surface area contributed by atoms with Crippen LogP contribution in [0.3, 0.4) is 0 Å². The van der Waals surface area contributed by atoms with Gasteiger partial charge in [-0.1, -0.05) is 48.5 Å². The van der Waals surface area contributed by atoms with Gasteiger partial charge in [0.2, 0.25) is 0 Å². The summed E-state index contributed by atoms with van der Waals surface area (Å²) < 4.78 is 5.84. The lowest BCUT2D eigenvalue weighted by Gasteiger charge is -2.16. The van der Waals surface area contributed by atoms with Gasteiger partial charge in [-0.3, -0.25) is 9.88 Å². The predicted molar refractivity (Wildman–Crippen MR) is 107 cm³/mol. The first-order chi connectivity index (χ1) is 13.3. The third-order valence-corrected chi connectivity index (χ3v) is 5.13. The zero-order chi connectivity index (χ0) is 18.5. The molecule has 0 amide bonds. The van der Waals surface area contributed by atoms with Gasteiger partial charge in [-0.25, -0.2) is 0 Å². The smallest absolute Gasteiger partial charge is 0.119 e. The van der Waals surface area contributed by atoms with E-state index in [9.17, 15) is 0 Å². The van der Waals surface area contributed by atoms with Crippen molar-refractivity contribution in [3.8, 4) is 5.75 Å². The molecule has 0 radical (unpaired) electrons. The average molecular weight is 359 g/mol. The number of aromatic nitrogens is 1. The highest BCUT2D eigenvalue weighted by Gasteiger charge is 2.30. The van der Waals surface area contributed by atoms with Crippen LogP contribution in [-0.4, -0.2) is 29.0 Å². The Morgan fingerprint density at radius 2 is 1.74 bits per heavy atom. The van der Waals surface area contributed by atoms with Crippen LogP contribution in [-0.2, 0) is 13.2 Å². The summed E-state index contributed by atoms with van der Waals surface area (Å²) in [6.07, 6.45) is 3.60. The van der Waals surface area contributed by atoms with Crippen molar-refractivity contribution >= 4 is 0 Å². The minimum Gasteiger partial charge on any atom is -0.489 e. The molecule has 2 aromatic carbocycles. The third-order valence-electron chi connectivity index (χ3n) is 5.13. The van der Waals surface area contributed by atoms with Crippen molar-refractivity contribution in [2.24, 2.45) is 5.73 Å². The molecule has 4 rings (SSSR count). The van der Waals surface area contributed by atoms with Crippen molar-refractivity contribution in [1.82, 2.24) is 9.88 Å². The van der Waals surface area contributed by atoms with Crippen molar-refractivity contribution in [1.29, 1.82) is 0 Å². The van der Waals surface area contributed by atoms with E-state index in [2.05, 4.69) is 52.3 Å². The van der Waals surface area contributed by atoms with Crippen LogP contribution in [0, 0.1) is 0 Å². The van der Waals surface area contributed by atoms with Crippen molar-refractivity contribution < 1.29 is 4.74 Å². The number of hydrogen-bond acceptors (Lipinski definition) is 4. The van der Waals surface area contributed by atoms with Gasteiger partial charge in [0, 0.05) is 49.6 Å².